The number of furan rings is 2. The van der Waals surface area contributed by atoms with Crippen molar-refractivity contribution in [2.45, 2.75) is 6.92 Å². The first-order valence-electron chi connectivity index (χ1n) is 7.36. The van der Waals surface area contributed by atoms with Gasteiger partial charge in [0.1, 0.15) is 28.1 Å². The van der Waals surface area contributed by atoms with Gasteiger partial charge in [-0.3, -0.25) is 0 Å². The summed E-state index contributed by atoms with van der Waals surface area (Å²) in [6, 6.07) is 13.7. The van der Waals surface area contributed by atoms with E-state index in [2.05, 4.69) is 11.1 Å². The van der Waals surface area contributed by atoms with Gasteiger partial charge in [0.2, 0.25) is 0 Å². The summed E-state index contributed by atoms with van der Waals surface area (Å²) in [7, 11) is 0. The maximum absolute atomic E-state index is 9.41. The maximum Gasteiger partial charge on any atom is 0.157 e. The van der Waals surface area contributed by atoms with Crippen LogP contribution in [0.15, 0.2) is 56.9 Å². The number of para-hydroxylation sites is 1. The van der Waals surface area contributed by atoms with Gasteiger partial charge in [-0.1, -0.05) is 18.2 Å². The summed E-state index contributed by atoms with van der Waals surface area (Å²) >= 11 is 1.41. The summed E-state index contributed by atoms with van der Waals surface area (Å²) < 4.78 is 11.2. The second kappa shape index (κ2) is 5.84. The van der Waals surface area contributed by atoms with Gasteiger partial charge in [-0.25, -0.2) is 4.98 Å². The van der Waals surface area contributed by atoms with E-state index in [0.717, 1.165) is 28.0 Å². The van der Waals surface area contributed by atoms with Gasteiger partial charge in [-0.2, -0.15) is 5.26 Å². The van der Waals surface area contributed by atoms with E-state index in [-0.39, 0.29) is 0 Å². The average molecular weight is 332 g/mol. The van der Waals surface area contributed by atoms with Gasteiger partial charge < -0.3 is 8.83 Å². The van der Waals surface area contributed by atoms with Crippen molar-refractivity contribution in [1.29, 1.82) is 5.26 Å². The summed E-state index contributed by atoms with van der Waals surface area (Å²) in [5.41, 5.74) is 3.10. The molecule has 0 amide bonds. The minimum absolute atomic E-state index is 0.468. The number of nitrogens with zero attached hydrogens (tertiary/aromatic N) is 2. The van der Waals surface area contributed by atoms with Gasteiger partial charge in [0, 0.05) is 22.4 Å². The van der Waals surface area contributed by atoms with E-state index in [4.69, 9.17) is 8.83 Å². The van der Waals surface area contributed by atoms with Gasteiger partial charge >= 0.3 is 0 Å². The minimum atomic E-state index is 0.468. The Balaban J connectivity index is 1.77. The van der Waals surface area contributed by atoms with Gasteiger partial charge in [-0.15, -0.1) is 11.3 Å². The zero-order valence-electron chi connectivity index (χ0n) is 12.8. The molecule has 5 heteroatoms. The number of allylic oxidation sites excluding steroid dienone is 1. The van der Waals surface area contributed by atoms with E-state index in [1.54, 1.807) is 24.5 Å². The van der Waals surface area contributed by atoms with Gasteiger partial charge in [0.05, 0.1) is 11.8 Å². The molecule has 0 bridgehead atoms. The van der Waals surface area contributed by atoms with Gasteiger partial charge in [0.25, 0.3) is 0 Å². The molecule has 0 fully saturated rings. The molecular weight excluding hydrogens is 320 g/mol. The van der Waals surface area contributed by atoms with Crippen LogP contribution < -0.4 is 0 Å². The Morgan fingerprint density at radius 1 is 1.25 bits per heavy atom. The molecule has 0 saturated heterocycles. The summed E-state index contributed by atoms with van der Waals surface area (Å²) in [6.45, 7) is 2.02. The fourth-order valence-electron chi connectivity index (χ4n) is 2.58. The van der Waals surface area contributed by atoms with Crippen LogP contribution in [0.3, 0.4) is 0 Å². The monoisotopic (exact) mass is 332 g/mol. The molecule has 24 heavy (non-hydrogen) atoms. The number of aromatic nitrogens is 1. The van der Waals surface area contributed by atoms with Crippen molar-refractivity contribution >= 4 is 34.0 Å². The highest BCUT2D eigenvalue weighted by atomic mass is 32.1. The molecule has 0 radical (unpaired) electrons. The third-order valence-corrected chi connectivity index (χ3v) is 4.64. The van der Waals surface area contributed by atoms with Crippen LogP contribution in [0.4, 0.5) is 0 Å². The molecule has 0 aliphatic heterocycles. The first-order valence-corrected chi connectivity index (χ1v) is 8.24. The van der Waals surface area contributed by atoms with E-state index >= 15 is 0 Å². The number of aryl methyl sites for hydroxylation is 1. The first-order chi connectivity index (χ1) is 11.8. The second-order valence-electron chi connectivity index (χ2n) is 5.28. The SMILES string of the molecule is Cc1c(-c2csc(/C(C#N)=C/c3ccco3)n2)oc2ccccc12. The number of hydrogen-bond acceptors (Lipinski definition) is 5. The fraction of sp³-hybridized carbons (Fsp3) is 0.0526. The normalized spacial score (nSPS) is 11.8. The molecule has 3 heterocycles. The van der Waals surface area contributed by atoms with Crippen LogP contribution in [0, 0.1) is 18.3 Å². The second-order valence-corrected chi connectivity index (χ2v) is 6.13. The molecule has 1 aromatic carbocycles. The van der Waals surface area contributed by atoms with Crippen molar-refractivity contribution in [1.82, 2.24) is 4.98 Å². The molecule has 0 spiro atoms. The molecule has 4 aromatic rings. The lowest BCUT2D eigenvalue weighted by molar-refractivity contribution is 0.557. The standard InChI is InChI=1S/C19H12N2O2S/c1-12-15-6-2-3-7-17(15)23-18(12)16-11-24-19(21-16)13(10-20)9-14-5-4-8-22-14/h2-9,11H,1H3/b13-9+. The number of benzene rings is 1. The van der Waals surface area contributed by atoms with Crippen LogP contribution in [-0.4, -0.2) is 4.98 Å². The number of rotatable bonds is 3. The molecule has 4 rings (SSSR count). The van der Waals surface area contributed by atoms with Crippen LogP contribution in [0.1, 0.15) is 16.3 Å². The van der Waals surface area contributed by atoms with E-state index < -0.39 is 0 Å². The topological polar surface area (TPSA) is 63.0 Å². The largest absolute Gasteiger partial charge is 0.465 e. The zero-order chi connectivity index (χ0) is 16.5. The molecule has 116 valence electrons. The van der Waals surface area contributed by atoms with Crippen molar-refractivity contribution in [3.8, 4) is 17.5 Å². The van der Waals surface area contributed by atoms with Crippen molar-refractivity contribution in [2.24, 2.45) is 0 Å². The Morgan fingerprint density at radius 3 is 2.88 bits per heavy atom. The molecular formula is C19H12N2O2S. The van der Waals surface area contributed by atoms with Crippen LogP contribution in [-0.2, 0) is 0 Å². The average Bonchev–Trinajstić information content (AvgIpc) is 3.33. The summed E-state index contributed by atoms with van der Waals surface area (Å²) in [5, 5.41) is 13.0. The predicted octanol–water partition coefficient (Wildman–Crippen LogP) is 5.52. The van der Waals surface area contributed by atoms with Crippen LogP contribution in [0.2, 0.25) is 0 Å². The Kier molecular flexibility index (Phi) is 3.52. The third-order valence-electron chi connectivity index (χ3n) is 3.76. The van der Waals surface area contributed by atoms with Crippen molar-refractivity contribution in [2.75, 3.05) is 0 Å². The van der Waals surface area contributed by atoms with E-state index in [0.29, 0.717) is 16.3 Å². The number of nitriles is 1. The fourth-order valence-corrected chi connectivity index (χ4v) is 3.34. The van der Waals surface area contributed by atoms with Crippen molar-refractivity contribution < 1.29 is 8.83 Å². The quantitative estimate of drug-likeness (QED) is 0.463. The summed E-state index contributed by atoms with van der Waals surface area (Å²) in [4.78, 5) is 4.58. The highest BCUT2D eigenvalue weighted by molar-refractivity contribution is 7.11. The molecule has 4 nitrogen and oxygen atoms in total. The molecule has 0 N–H and O–H groups in total. The van der Waals surface area contributed by atoms with Crippen LogP contribution in [0.25, 0.3) is 34.1 Å². The van der Waals surface area contributed by atoms with Crippen LogP contribution in [0.5, 0.6) is 0 Å². The molecule has 0 saturated carbocycles. The summed E-state index contributed by atoms with van der Waals surface area (Å²) in [6.07, 6.45) is 3.26. The number of fused-ring (bicyclic) bond motifs is 1. The first kappa shape index (κ1) is 14.5. The number of thiazole rings is 1. The highest BCUT2D eigenvalue weighted by Gasteiger charge is 2.16. The van der Waals surface area contributed by atoms with Gasteiger partial charge in [0.15, 0.2) is 5.76 Å². The number of hydrogen-bond donors (Lipinski definition) is 0. The highest BCUT2D eigenvalue weighted by Crippen LogP contribution is 2.34. The van der Waals surface area contributed by atoms with E-state index in [1.807, 2.05) is 36.6 Å². The lowest BCUT2D eigenvalue weighted by Gasteiger charge is -1.93. The smallest absolute Gasteiger partial charge is 0.157 e. The van der Waals surface area contributed by atoms with E-state index in [1.165, 1.54) is 11.3 Å². The van der Waals surface area contributed by atoms with Gasteiger partial charge in [-0.05, 0) is 25.1 Å². The molecule has 0 aliphatic carbocycles. The lowest BCUT2D eigenvalue weighted by atomic mass is 10.1. The predicted molar refractivity (Wildman–Crippen MR) is 94.3 cm³/mol. The molecule has 0 unspecified atom stereocenters. The lowest BCUT2D eigenvalue weighted by Crippen LogP contribution is -1.82. The Morgan fingerprint density at radius 2 is 2.12 bits per heavy atom. The Bertz CT molecular complexity index is 1080. The Hall–Kier alpha value is -3.10. The van der Waals surface area contributed by atoms with Crippen LogP contribution >= 0.6 is 11.3 Å². The van der Waals surface area contributed by atoms with Crippen molar-refractivity contribution in [3.63, 3.8) is 0 Å². The minimum Gasteiger partial charge on any atom is -0.465 e. The molecule has 0 atom stereocenters. The Labute approximate surface area is 142 Å². The molecule has 0 aliphatic rings. The van der Waals surface area contributed by atoms with E-state index in [9.17, 15) is 5.26 Å². The maximum atomic E-state index is 9.41. The van der Waals surface area contributed by atoms with Crippen molar-refractivity contribution in [3.05, 3.63) is 64.4 Å². The zero-order valence-corrected chi connectivity index (χ0v) is 13.6. The summed E-state index contributed by atoms with van der Waals surface area (Å²) in [5.74, 6) is 1.37. The third kappa shape index (κ3) is 2.43. The molecule has 3 aromatic heterocycles.